The van der Waals surface area contributed by atoms with Crippen LogP contribution in [-0.2, 0) is 12.1 Å². The van der Waals surface area contributed by atoms with Crippen LogP contribution in [0.4, 0.5) is 4.39 Å². The first-order valence-corrected chi connectivity index (χ1v) is 4.84. The minimum absolute atomic E-state index is 0.344. The Morgan fingerprint density at radius 1 is 1.64 bits per heavy atom. The van der Waals surface area contributed by atoms with Crippen molar-refractivity contribution < 1.29 is 4.39 Å². The van der Waals surface area contributed by atoms with Gasteiger partial charge in [0.15, 0.2) is 0 Å². The Balaban J connectivity index is 2.69. The molecule has 0 aromatic carbocycles. The van der Waals surface area contributed by atoms with E-state index in [2.05, 4.69) is 22.2 Å². The number of rotatable bonds is 4. The van der Waals surface area contributed by atoms with Crippen molar-refractivity contribution in [2.45, 2.75) is 38.9 Å². The first-order valence-electron chi connectivity index (χ1n) is 4.84. The summed E-state index contributed by atoms with van der Waals surface area (Å²) >= 11 is 0. The molecule has 80 valence electrons. The van der Waals surface area contributed by atoms with E-state index >= 15 is 0 Å². The smallest absolute Gasteiger partial charge is 0.146 e. The standard InChI is InChI=1S/C10H18FN3/c1-7(12-4)5-9-13-6-8(14-9)10(2,3)11/h6-7,12H,5H2,1-4H3,(H,13,14). The van der Waals surface area contributed by atoms with Crippen LogP contribution >= 0.6 is 0 Å². The van der Waals surface area contributed by atoms with Gasteiger partial charge in [-0.3, -0.25) is 0 Å². The summed E-state index contributed by atoms with van der Waals surface area (Å²) in [4.78, 5) is 7.13. The summed E-state index contributed by atoms with van der Waals surface area (Å²) in [7, 11) is 1.90. The van der Waals surface area contributed by atoms with E-state index in [4.69, 9.17) is 0 Å². The van der Waals surface area contributed by atoms with Gasteiger partial charge in [-0.05, 0) is 27.8 Å². The van der Waals surface area contributed by atoms with Gasteiger partial charge in [-0.15, -0.1) is 0 Å². The van der Waals surface area contributed by atoms with Gasteiger partial charge in [-0.25, -0.2) is 9.37 Å². The Hall–Kier alpha value is -0.900. The van der Waals surface area contributed by atoms with E-state index < -0.39 is 5.67 Å². The summed E-state index contributed by atoms with van der Waals surface area (Å²) in [5.41, 5.74) is -0.801. The number of alkyl halides is 1. The maximum atomic E-state index is 13.5. The third-order valence-electron chi connectivity index (χ3n) is 2.26. The van der Waals surface area contributed by atoms with Crippen molar-refractivity contribution in [2.75, 3.05) is 7.05 Å². The molecular formula is C10H18FN3. The quantitative estimate of drug-likeness (QED) is 0.775. The molecule has 0 amide bonds. The average molecular weight is 199 g/mol. The van der Waals surface area contributed by atoms with Crippen LogP contribution in [0.5, 0.6) is 0 Å². The molecule has 0 fully saturated rings. The molecule has 0 saturated heterocycles. The van der Waals surface area contributed by atoms with Crippen molar-refractivity contribution in [1.29, 1.82) is 0 Å². The molecule has 0 saturated carbocycles. The van der Waals surface area contributed by atoms with Gasteiger partial charge in [0, 0.05) is 12.5 Å². The van der Waals surface area contributed by atoms with Crippen LogP contribution in [0.1, 0.15) is 32.3 Å². The molecule has 1 atom stereocenters. The highest BCUT2D eigenvalue weighted by Crippen LogP contribution is 2.22. The first-order chi connectivity index (χ1) is 6.43. The summed E-state index contributed by atoms with van der Waals surface area (Å²) < 4.78 is 13.5. The molecule has 2 N–H and O–H groups in total. The minimum atomic E-state index is -1.34. The predicted octanol–water partition coefficient (Wildman–Crippen LogP) is 1.76. The largest absolute Gasteiger partial charge is 0.343 e. The maximum absolute atomic E-state index is 13.5. The second-order valence-corrected chi connectivity index (χ2v) is 4.11. The lowest BCUT2D eigenvalue weighted by Gasteiger charge is -2.11. The Morgan fingerprint density at radius 3 is 2.71 bits per heavy atom. The van der Waals surface area contributed by atoms with Gasteiger partial charge in [-0.1, -0.05) is 0 Å². The fourth-order valence-electron chi connectivity index (χ4n) is 1.16. The number of hydrogen-bond donors (Lipinski definition) is 2. The van der Waals surface area contributed by atoms with Crippen molar-refractivity contribution in [3.8, 4) is 0 Å². The number of imidazole rings is 1. The number of likely N-dealkylation sites (N-methyl/N-ethyl adjacent to an activating group) is 1. The lowest BCUT2D eigenvalue weighted by Crippen LogP contribution is -2.24. The molecule has 1 unspecified atom stereocenters. The third-order valence-corrected chi connectivity index (χ3v) is 2.26. The molecule has 1 heterocycles. The summed E-state index contributed by atoms with van der Waals surface area (Å²) in [5, 5.41) is 3.11. The number of aromatic amines is 1. The normalized spacial score (nSPS) is 14.4. The van der Waals surface area contributed by atoms with Crippen LogP contribution < -0.4 is 5.32 Å². The fourth-order valence-corrected chi connectivity index (χ4v) is 1.16. The molecule has 3 nitrogen and oxygen atoms in total. The van der Waals surface area contributed by atoms with Crippen LogP contribution in [-0.4, -0.2) is 23.1 Å². The number of halogens is 1. The van der Waals surface area contributed by atoms with Crippen LogP contribution in [0.15, 0.2) is 6.20 Å². The van der Waals surface area contributed by atoms with E-state index in [1.165, 1.54) is 13.8 Å². The molecule has 4 heteroatoms. The van der Waals surface area contributed by atoms with Gasteiger partial charge in [-0.2, -0.15) is 0 Å². The fraction of sp³-hybridized carbons (Fsp3) is 0.700. The second kappa shape index (κ2) is 4.09. The maximum Gasteiger partial charge on any atom is 0.146 e. The molecule has 1 aromatic heterocycles. The van der Waals surface area contributed by atoms with Crippen LogP contribution in [0.3, 0.4) is 0 Å². The lowest BCUT2D eigenvalue weighted by atomic mass is 10.1. The Bertz CT molecular complexity index is 288. The Morgan fingerprint density at radius 2 is 2.29 bits per heavy atom. The molecule has 0 aliphatic rings. The first kappa shape index (κ1) is 11.2. The third kappa shape index (κ3) is 2.80. The highest BCUT2D eigenvalue weighted by Gasteiger charge is 2.21. The summed E-state index contributed by atoms with van der Waals surface area (Å²) in [6.45, 7) is 5.10. The number of H-pyrrole nitrogens is 1. The Kier molecular flexibility index (Phi) is 3.26. The highest BCUT2D eigenvalue weighted by molar-refractivity contribution is 5.09. The van der Waals surface area contributed by atoms with E-state index in [1.807, 2.05) is 7.05 Å². The zero-order chi connectivity index (χ0) is 10.8. The average Bonchev–Trinajstić information content (AvgIpc) is 2.51. The van der Waals surface area contributed by atoms with E-state index in [9.17, 15) is 4.39 Å². The number of nitrogens with zero attached hydrogens (tertiary/aromatic N) is 1. The number of aromatic nitrogens is 2. The minimum Gasteiger partial charge on any atom is -0.343 e. The number of hydrogen-bond acceptors (Lipinski definition) is 2. The van der Waals surface area contributed by atoms with E-state index in [-0.39, 0.29) is 0 Å². The molecule has 0 radical (unpaired) electrons. The van der Waals surface area contributed by atoms with Gasteiger partial charge in [0.1, 0.15) is 11.5 Å². The van der Waals surface area contributed by atoms with E-state index in [0.717, 1.165) is 12.2 Å². The van der Waals surface area contributed by atoms with Crippen molar-refractivity contribution in [3.05, 3.63) is 17.7 Å². The summed E-state index contributed by atoms with van der Waals surface area (Å²) in [6, 6.07) is 0.344. The zero-order valence-electron chi connectivity index (χ0n) is 9.19. The van der Waals surface area contributed by atoms with Crippen molar-refractivity contribution in [2.24, 2.45) is 0 Å². The topological polar surface area (TPSA) is 40.7 Å². The molecule has 14 heavy (non-hydrogen) atoms. The van der Waals surface area contributed by atoms with Crippen LogP contribution in [0, 0.1) is 0 Å². The van der Waals surface area contributed by atoms with Gasteiger partial charge in [0.05, 0.1) is 11.9 Å². The second-order valence-electron chi connectivity index (χ2n) is 4.11. The molecular weight excluding hydrogens is 181 g/mol. The molecule has 0 aliphatic heterocycles. The molecule has 0 spiro atoms. The summed E-state index contributed by atoms with van der Waals surface area (Å²) in [5.74, 6) is 0.826. The lowest BCUT2D eigenvalue weighted by molar-refractivity contribution is 0.215. The highest BCUT2D eigenvalue weighted by atomic mass is 19.1. The zero-order valence-corrected chi connectivity index (χ0v) is 9.19. The Labute approximate surface area is 84.1 Å². The monoisotopic (exact) mass is 199 g/mol. The molecule has 0 bridgehead atoms. The molecule has 1 aromatic rings. The van der Waals surface area contributed by atoms with Gasteiger partial charge >= 0.3 is 0 Å². The predicted molar refractivity (Wildman–Crippen MR) is 54.9 cm³/mol. The van der Waals surface area contributed by atoms with Gasteiger partial charge in [0.25, 0.3) is 0 Å². The van der Waals surface area contributed by atoms with Crippen molar-refractivity contribution >= 4 is 0 Å². The molecule has 0 aliphatic carbocycles. The van der Waals surface area contributed by atoms with Crippen molar-refractivity contribution in [1.82, 2.24) is 15.3 Å². The van der Waals surface area contributed by atoms with E-state index in [0.29, 0.717) is 11.7 Å². The SMILES string of the molecule is CNC(C)Cc1ncc(C(C)(C)F)[nH]1. The van der Waals surface area contributed by atoms with Crippen LogP contribution in [0.25, 0.3) is 0 Å². The molecule has 1 rings (SSSR count). The van der Waals surface area contributed by atoms with Gasteiger partial charge < -0.3 is 10.3 Å². The van der Waals surface area contributed by atoms with E-state index in [1.54, 1.807) is 6.20 Å². The van der Waals surface area contributed by atoms with Crippen molar-refractivity contribution in [3.63, 3.8) is 0 Å². The summed E-state index contributed by atoms with van der Waals surface area (Å²) in [6.07, 6.45) is 2.35. The van der Waals surface area contributed by atoms with Gasteiger partial charge in [0.2, 0.25) is 0 Å². The van der Waals surface area contributed by atoms with Crippen LogP contribution in [0.2, 0.25) is 0 Å². The number of nitrogens with one attached hydrogen (secondary N) is 2.